The summed E-state index contributed by atoms with van der Waals surface area (Å²) >= 11 is 0. The summed E-state index contributed by atoms with van der Waals surface area (Å²) in [6, 6.07) is 0. The van der Waals surface area contributed by atoms with Crippen molar-refractivity contribution in [1.29, 1.82) is 0 Å². The molecule has 0 spiro atoms. The van der Waals surface area contributed by atoms with Crippen LogP contribution in [0.25, 0.3) is 0 Å². The molecule has 0 aromatic rings. The monoisotopic (exact) mass is 144 g/mol. The number of carbonyl (C=O) groups is 1. The molecule has 0 fully saturated rings. The number of hydrogen-bond acceptors (Lipinski definition) is 3. The van der Waals surface area contributed by atoms with Crippen LogP contribution in [-0.4, -0.2) is 65.6 Å². The van der Waals surface area contributed by atoms with E-state index in [1.165, 1.54) is 0 Å². The molecule has 4 nitrogen and oxygen atoms in total. The fourth-order valence-corrected chi connectivity index (χ4v) is 0.224. The maximum absolute atomic E-state index is 9.67. The third-order valence-electron chi connectivity index (χ3n) is 0.461. The van der Waals surface area contributed by atoms with Crippen LogP contribution in [0, 0.1) is 0 Å². The van der Waals surface area contributed by atoms with Gasteiger partial charge in [0.1, 0.15) is 6.61 Å². The molecule has 0 radical (unpaired) electrons. The molecular weight excluding hydrogens is 135 g/mol. The fraction of sp³-hybridized carbons (Fsp3) is 0.750. The number of aliphatic hydroxyl groups is 1. The zero-order valence-corrected chi connectivity index (χ0v) is 4.33. The van der Waals surface area contributed by atoms with Gasteiger partial charge in [-0.3, -0.25) is 0 Å². The Bertz CT molecular complexity index is 75.0. The Morgan fingerprint density at radius 2 is 2.11 bits per heavy atom. The van der Waals surface area contributed by atoms with Crippen LogP contribution >= 0.6 is 0 Å². The van der Waals surface area contributed by atoms with Gasteiger partial charge in [-0.05, 0) is 0 Å². The molecule has 5 heteroatoms. The average molecular weight is 144 g/mol. The van der Waals surface area contributed by atoms with Crippen LogP contribution in [0.5, 0.6) is 0 Å². The van der Waals surface area contributed by atoms with E-state index in [2.05, 4.69) is 4.74 Å². The standard InChI is InChI=1S/C4H8O4.Na.H/c5-1-2-8-3-4(6)7;;/h5H,1-3H2,(H,6,7);;. The van der Waals surface area contributed by atoms with Crippen LogP contribution in [-0.2, 0) is 9.53 Å². The van der Waals surface area contributed by atoms with Gasteiger partial charge in [0.25, 0.3) is 0 Å². The molecule has 0 aromatic heterocycles. The van der Waals surface area contributed by atoms with E-state index in [-0.39, 0.29) is 49.4 Å². The Morgan fingerprint density at radius 1 is 1.56 bits per heavy atom. The number of rotatable bonds is 4. The number of hydrogen-bond donors (Lipinski definition) is 2. The Kier molecular flexibility index (Phi) is 11.3. The zero-order valence-electron chi connectivity index (χ0n) is 4.33. The SMILES string of the molecule is O=C(O)COCCO.[NaH]. The van der Waals surface area contributed by atoms with E-state index in [0.717, 1.165) is 0 Å². The summed E-state index contributed by atoms with van der Waals surface area (Å²) in [5, 5.41) is 16.0. The van der Waals surface area contributed by atoms with E-state index in [1.807, 2.05) is 0 Å². The van der Waals surface area contributed by atoms with Gasteiger partial charge in [-0.15, -0.1) is 0 Å². The minimum absolute atomic E-state index is 0. The first-order chi connectivity index (χ1) is 3.77. The minimum atomic E-state index is -1.02. The van der Waals surface area contributed by atoms with E-state index in [4.69, 9.17) is 10.2 Å². The van der Waals surface area contributed by atoms with Crippen molar-refractivity contribution in [2.24, 2.45) is 0 Å². The van der Waals surface area contributed by atoms with Gasteiger partial charge in [-0.25, -0.2) is 4.79 Å². The van der Waals surface area contributed by atoms with Crippen LogP contribution in [0.1, 0.15) is 0 Å². The number of aliphatic hydroxyl groups excluding tert-OH is 1. The molecule has 9 heavy (non-hydrogen) atoms. The van der Waals surface area contributed by atoms with Crippen LogP contribution in [0.3, 0.4) is 0 Å². The van der Waals surface area contributed by atoms with Crippen molar-refractivity contribution in [2.45, 2.75) is 0 Å². The van der Waals surface area contributed by atoms with Crippen molar-refractivity contribution < 1.29 is 19.7 Å². The number of carboxylic acid groups (broad SMARTS) is 1. The first-order valence-corrected chi connectivity index (χ1v) is 2.17. The predicted octanol–water partition coefficient (Wildman–Crippen LogP) is -1.57. The van der Waals surface area contributed by atoms with Gasteiger partial charge >= 0.3 is 35.5 Å². The third-order valence-corrected chi connectivity index (χ3v) is 0.461. The molecular formula is C4H9NaO4. The molecule has 0 bridgehead atoms. The summed E-state index contributed by atoms with van der Waals surface area (Å²) in [5.74, 6) is -1.02. The summed E-state index contributed by atoms with van der Waals surface area (Å²) in [4.78, 5) is 9.67. The van der Waals surface area contributed by atoms with Crippen LogP contribution < -0.4 is 0 Å². The normalized spacial score (nSPS) is 8.11. The molecule has 0 atom stereocenters. The van der Waals surface area contributed by atoms with Gasteiger partial charge in [-0.2, -0.15) is 0 Å². The topological polar surface area (TPSA) is 66.8 Å². The summed E-state index contributed by atoms with van der Waals surface area (Å²) in [6.07, 6.45) is 0. The average Bonchev–Trinajstić information content (AvgIpc) is 1.66. The maximum atomic E-state index is 9.67. The number of aliphatic carboxylic acids is 1. The van der Waals surface area contributed by atoms with Crippen molar-refractivity contribution >= 4 is 35.5 Å². The van der Waals surface area contributed by atoms with Crippen LogP contribution in [0.4, 0.5) is 0 Å². The molecule has 0 saturated heterocycles. The van der Waals surface area contributed by atoms with Gasteiger partial charge in [0.15, 0.2) is 0 Å². The number of ether oxygens (including phenoxy) is 1. The van der Waals surface area contributed by atoms with Crippen LogP contribution in [0.2, 0.25) is 0 Å². The Morgan fingerprint density at radius 3 is 2.44 bits per heavy atom. The first kappa shape index (κ1) is 12.1. The van der Waals surface area contributed by atoms with E-state index < -0.39 is 5.97 Å². The van der Waals surface area contributed by atoms with Crippen molar-refractivity contribution in [3.63, 3.8) is 0 Å². The molecule has 50 valence electrons. The van der Waals surface area contributed by atoms with E-state index in [0.29, 0.717) is 0 Å². The van der Waals surface area contributed by atoms with Gasteiger partial charge < -0.3 is 14.9 Å². The number of carboxylic acids is 1. The summed E-state index contributed by atoms with van der Waals surface area (Å²) < 4.78 is 4.39. The molecule has 0 heterocycles. The van der Waals surface area contributed by atoms with Crippen LogP contribution in [0.15, 0.2) is 0 Å². The van der Waals surface area contributed by atoms with Gasteiger partial charge in [0.05, 0.1) is 13.2 Å². The predicted molar refractivity (Wildman–Crippen MR) is 32.7 cm³/mol. The molecule has 0 aromatic carbocycles. The first-order valence-electron chi connectivity index (χ1n) is 2.17. The molecule has 2 N–H and O–H groups in total. The van der Waals surface area contributed by atoms with Crippen molar-refractivity contribution in [2.75, 3.05) is 19.8 Å². The second-order valence-corrected chi connectivity index (χ2v) is 1.17. The third kappa shape index (κ3) is 11.8. The second-order valence-electron chi connectivity index (χ2n) is 1.17. The molecule has 0 unspecified atom stereocenters. The summed E-state index contributed by atoms with van der Waals surface area (Å²) in [6.45, 7) is -0.375. The fourth-order valence-electron chi connectivity index (χ4n) is 0.224. The molecule has 0 aliphatic heterocycles. The molecule has 0 aliphatic carbocycles. The van der Waals surface area contributed by atoms with E-state index in [1.54, 1.807) is 0 Å². The van der Waals surface area contributed by atoms with E-state index >= 15 is 0 Å². The molecule has 0 aliphatic rings. The Labute approximate surface area is 75.1 Å². The van der Waals surface area contributed by atoms with Gasteiger partial charge in [0.2, 0.25) is 0 Å². The Hall–Kier alpha value is 0.390. The van der Waals surface area contributed by atoms with Crippen molar-refractivity contribution in [1.82, 2.24) is 0 Å². The zero-order chi connectivity index (χ0) is 6.41. The summed E-state index contributed by atoms with van der Waals surface area (Å²) in [5.41, 5.74) is 0. The van der Waals surface area contributed by atoms with Gasteiger partial charge in [-0.1, -0.05) is 0 Å². The summed E-state index contributed by atoms with van der Waals surface area (Å²) in [7, 11) is 0. The molecule has 0 amide bonds. The van der Waals surface area contributed by atoms with Gasteiger partial charge in [0, 0.05) is 0 Å². The second kappa shape index (κ2) is 8.39. The van der Waals surface area contributed by atoms with Crippen molar-refractivity contribution in [3.05, 3.63) is 0 Å². The molecule has 0 saturated carbocycles. The van der Waals surface area contributed by atoms with Crippen molar-refractivity contribution in [3.8, 4) is 0 Å². The van der Waals surface area contributed by atoms with E-state index in [9.17, 15) is 4.79 Å². The quantitative estimate of drug-likeness (QED) is 0.369. The Balaban J connectivity index is 0. The molecule has 0 rings (SSSR count).